The minimum absolute atomic E-state index is 0.196. The van der Waals surface area contributed by atoms with E-state index in [-0.39, 0.29) is 6.04 Å². The fourth-order valence-electron chi connectivity index (χ4n) is 3.20. The number of hydrogen-bond acceptors (Lipinski definition) is 1. The van der Waals surface area contributed by atoms with Gasteiger partial charge in [0, 0.05) is 12.1 Å². The molecule has 0 aliphatic heterocycles. The van der Waals surface area contributed by atoms with Gasteiger partial charge in [-0.1, -0.05) is 0 Å². The number of rotatable bonds is 3. The number of nitrogens with one attached hydrogen (secondary N) is 1. The van der Waals surface area contributed by atoms with Crippen molar-refractivity contribution in [1.29, 1.82) is 0 Å². The average molecular weight is 197 g/mol. The highest BCUT2D eigenvalue weighted by Crippen LogP contribution is 2.47. The van der Waals surface area contributed by atoms with Crippen molar-refractivity contribution in [1.82, 2.24) is 5.32 Å². The molecule has 3 aliphatic rings. The summed E-state index contributed by atoms with van der Waals surface area (Å²) in [5, 5.41) is 3.56. The molecule has 0 aromatic carbocycles. The van der Waals surface area contributed by atoms with Crippen LogP contribution in [0.25, 0.3) is 0 Å². The third-order valence-corrected chi connectivity index (χ3v) is 4.42. The molecule has 3 fully saturated rings. The predicted molar refractivity (Wildman–Crippen MR) is 54.9 cm³/mol. The summed E-state index contributed by atoms with van der Waals surface area (Å²) in [5.41, 5.74) is 0. The molecule has 2 heteroatoms. The monoisotopic (exact) mass is 197 g/mol. The molecule has 2 unspecified atom stereocenters. The van der Waals surface area contributed by atoms with Crippen LogP contribution in [0.15, 0.2) is 0 Å². The van der Waals surface area contributed by atoms with Crippen LogP contribution in [0.5, 0.6) is 0 Å². The first-order valence-electron chi connectivity index (χ1n) is 6.25. The van der Waals surface area contributed by atoms with Crippen molar-refractivity contribution in [3.05, 3.63) is 0 Å². The molecule has 0 saturated heterocycles. The van der Waals surface area contributed by atoms with Crippen molar-refractivity contribution in [2.24, 2.45) is 11.8 Å². The highest BCUT2D eigenvalue weighted by atomic mass is 19.1. The van der Waals surface area contributed by atoms with E-state index in [4.69, 9.17) is 0 Å². The van der Waals surface area contributed by atoms with Crippen LogP contribution in [-0.2, 0) is 0 Å². The SMILES string of the molecule is F[C@@H]1CCC[C@@H]1NC1CCC1C1CC1. The Kier molecular flexibility index (Phi) is 2.27. The minimum atomic E-state index is -0.560. The lowest BCUT2D eigenvalue weighted by Crippen LogP contribution is -2.50. The molecule has 0 heterocycles. The number of alkyl halides is 1. The van der Waals surface area contributed by atoms with E-state index in [0.29, 0.717) is 6.04 Å². The van der Waals surface area contributed by atoms with Gasteiger partial charge in [-0.2, -0.15) is 0 Å². The summed E-state index contributed by atoms with van der Waals surface area (Å²) in [4.78, 5) is 0. The lowest BCUT2D eigenvalue weighted by Gasteiger charge is -2.40. The summed E-state index contributed by atoms with van der Waals surface area (Å²) in [7, 11) is 0. The largest absolute Gasteiger partial charge is 0.308 e. The molecule has 0 aromatic heterocycles. The van der Waals surface area contributed by atoms with Gasteiger partial charge in [-0.15, -0.1) is 0 Å². The van der Waals surface area contributed by atoms with Gasteiger partial charge in [-0.3, -0.25) is 0 Å². The van der Waals surface area contributed by atoms with Crippen LogP contribution in [0.3, 0.4) is 0 Å². The fourth-order valence-corrected chi connectivity index (χ4v) is 3.20. The molecule has 3 aliphatic carbocycles. The molecule has 1 N–H and O–H groups in total. The zero-order chi connectivity index (χ0) is 9.54. The second kappa shape index (κ2) is 3.48. The highest BCUT2D eigenvalue weighted by molar-refractivity contribution is 4.98. The Hall–Kier alpha value is -0.110. The van der Waals surface area contributed by atoms with Gasteiger partial charge < -0.3 is 5.32 Å². The molecule has 80 valence electrons. The van der Waals surface area contributed by atoms with Gasteiger partial charge in [0.15, 0.2) is 0 Å². The van der Waals surface area contributed by atoms with Crippen LogP contribution >= 0.6 is 0 Å². The van der Waals surface area contributed by atoms with Crippen molar-refractivity contribution < 1.29 is 4.39 Å². The summed E-state index contributed by atoms with van der Waals surface area (Å²) in [6.45, 7) is 0. The van der Waals surface area contributed by atoms with Crippen molar-refractivity contribution in [3.63, 3.8) is 0 Å². The summed E-state index contributed by atoms with van der Waals surface area (Å²) < 4.78 is 13.4. The van der Waals surface area contributed by atoms with Crippen LogP contribution in [0.1, 0.15) is 44.9 Å². The highest BCUT2D eigenvalue weighted by Gasteiger charge is 2.43. The summed E-state index contributed by atoms with van der Waals surface area (Å²) >= 11 is 0. The van der Waals surface area contributed by atoms with Gasteiger partial charge in [-0.25, -0.2) is 4.39 Å². The maximum Gasteiger partial charge on any atom is 0.115 e. The van der Waals surface area contributed by atoms with Crippen molar-refractivity contribution >= 4 is 0 Å². The predicted octanol–water partition coefficient (Wildman–Crippen LogP) is 2.66. The molecule has 0 bridgehead atoms. The zero-order valence-corrected chi connectivity index (χ0v) is 8.71. The molecule has 3 saturated carbocycles. The van der Waals surface area contributed by atoms with Gasteiger partial charge in [0.2, 0.25) is 0 Å². The van der Waals surface area contributed by atoms with Gasteiger partial charge in [0.25, 0.3) is 0 Å². The molecule has 1 nitrogen and oxygen atoms in total. The molecule has 0 amide bonds. The normalized spacial score (nSPS) is 47.8. The Morgan fingerprint density at radius 2 is 1.71 bits per heavy atom. The molecular formula is C12H20FN. The van der Waals surface area contributed by atoms with E-state index in [0.717, 1.165) is 31.1 Å². The van der Waals surface area contributed by atoms with Crippen molar-refractivity contribution in [2.75, 3.05) is 0 Å². The molecule has 0 radical (unpaired) electrons. The summed E-state index contributed by atoms with van der Waals surface area (Å²) in [6, 6.07) is 0.866. The Balaban J connectivity index is 1.51. The van der Waals surface area contributed by atoms with Gasteiger partial charge >= 0.3 is 0 Å². The fraction of sp³-hybridized carbons (Fsp3) is 1.00. The minimum Gasteiger partial charge on any atom is -0.308 e. The zero-order valence-electron chi connectivity index (χ0n) is 8.71. The van der Waals surface area contributed by atoms with E-state index < -0.39 is 6.17 Å². The molecule has 0 spiro atoms. The summed E-state index contributed by atoms with van der Waals surface area (Å²) in [5.74, 6) is 1.91. The van der Waals surface area contributed by atoms with Crippen LogP contribution in [0.4, 0.5) is 4.39 Å². The van der Waals surface area contributed by atoms with Gasteiger partial charge in [0.1, 0.15) is 6.17 Å². The van der Waals surface area contributed by atoms with E-state index >= 15 is 0 Å². The standard InChI is InChI=1S/C12H20FN/c13-10-2-1-3-12(10)14-11-7-6-9(11)8-4-5-8/h8-12,14H,1-7H2/t9?,10-,11?,12+/m1/s1. The quantitative estimate of drug-likeness (QED) is 0.733. The van der Waals surface area contributed by atoms with Crippen LogP contribution in [0, 0.1) is 11.8 Å². The van der Waals surface area contributed by atoms with Crippen molar-refractivity contribution in [2.45, 2.75) is 63.2 Å². The van der Waals surface area contributed by atoms with Crippen LogP contribution in [-0.4, -0.2) is 18.3 Å². The summed E-state index contributed by atoms with van der Waals surface area (Å²) in [6.07, 6.45) is 7.94. The number of halogens is 1. The maximum absolute atomic E-state index is 13.4. The van der Waals surface area contributed by atoms with Crippen LogP contribution < -0.4 is 5.32 Å². The van der Waals surface area contributed by atoms with E-state index in [2.05, 4.69) is 5.32 Å². The second-order valence-electron chi connectivity index (χ2n) is 5.41. The molecular weight excluding hydrogens is 177 g/mol. The molecule has 0 aromatic rings. The topological polar surface area (TPSA) is 12.0 Å². The third-order valence-electron chi connectivity index (χ3n) is 4.42. The van der Waals surface area contributed by atoms with E-state index in [9.17, 15) is 4.39 Å². The maximum atomic E-state index is 13.4. The van der Waals surface area contributed by atoms with Crippen molar-refractivity contribution in [3.8, 4) is 0 Å². The first-order valence-corrected chi connectivity index (χ1v) is 6.25. The Morgan fingerprint density at radius 1 is 0.857 bits per heavy atom. The van der Waals surface area contributed by atoms with E-state index in [1.165, 1.54) is 25.7 Å². The van der Waals surface area contributed by atoms with Gasteiger partial charge in [0.05, 0.1) is 0 Å². The first kappa shape index (κ1) is 9.14. The van der Waals surface area contributed by atoms with Crippen LogP contribution in [0.2, 0.25) is 0 Å². The Morgan fingerprint density at radius 3 is 2.21 bits per heavy atom. The lowest BCUT2D eigenvalue weighted by molar-refractivity contribution is 0.147. The lowest BCUT2D eigenvalue weighted by atomic mass is 9.76. The second-order valence-corrected chi connectivity index (χ2v) is 5.41. The van der Waals surface area contributed by atoms with Gasteiger partial charge in [-0.05, 0) is 56.8 Å². The average Bonchev–Trinajstić information content (AvgIpc) is 2.85. The van der Waals surface area contributed by atoms with E-state index in [1.807, 2.05) is 0 Å². The first-order chi connectivity index (χ1) is 6.84. The Labute approximate surface area is 85.5 Å². The third kappa shape index (κ3) is 1.58. The Bertz CT molecular complexity index is 214. The number of hydrogen-bond donors (Lipinski definition) is 1. The molecule has 4 atom stereocenters. The molecule has 3 rings (SSSR count). The molecule has 14 heavy (non-hydrogen) atoms. The smallest absolute Gasteiger partial charge is 0.115 e. The van der Waals surface area contributed by atoms with E-state index in [1.54, 1.807) is 0 Å².